The van der Waals surface area contributed by atoms with Crippen LogP contribution in [0.2, 0.25) is 5.02 Å². The number of rotatable bonds is 9. The number of aryl methyl sites for hydroxylation is 4. The number of hydrogen-bond donors (Lipinski definition) is 0. The number of oxazole rings is 1. The van der Waals surface area contributed by atoms with E-state index in [4.69, 9.17) is 25.7 Å². The molecule has 4 heteroatoms. The number of benzene rings is 3. The number of aromatic nitrogens is 1. The van der Waals surface area contributed by atoms with Crippen molar-refractivity contribution in [2.24, 2.45) is 0 Å². The zero-order chi connectivity index (χ0) is 22.3. The number of halogens is 1. The van der Waals surface area contributed by atoms with E-state index < -0.39 is 0 Å². The summed E-state index contributed by atoms with van der Waals surface area (Å²) in [6.07, 6.45) is 3.42. The normalized spacial score (nSPS) is 11.0. The molecule has 3 nitrogen and oxygen atoms in total. The summed E-state index contributed by atoms with van der Waals surface area (Å²) in [5.74, 6) is 2.44. The third kappa shape index (κ3) is 5.60. The Morgan fingerprint density at radius 2 is 1.69 bits per heavy atom. The molecule has 1 heterocycles. The lowest BCUT2D eigenvalue weighted by Crippen LogP contribution is -2.05. The van der Waals surface area contributed by atoms with Gasteiger partial charge >= 0.3 is 0 Å². The van der Waals surface area contributed by atoms with Crippen molar-refractivity contribution in [2.75, 3.05) is 6.61 Å². The first-order chi connectivity index (χ1) is 15.6. The van der Waals surface area contributed by atoms with E-state index in [2.05, 4.69) is 50.2 Å². The third-order valence-corrected chi connectivity index (χ3v) is 5.91. The van der Waals surface area contributed by atoms with Crippen molar-refractivity contribution in [1.82, 2.24) is 4.98 Å². The molecule has 164 valence electrons. The van der Waals surface area contributed by atoms with Crippen LogP contribution in [0.5, 0.6) is 5.75 Å². The van der Waals surface area contributed by atoms with Crippen LogP contribution in [-0.2, 0) is 25.7 Å². The largest absolute Gasteiger partial charge is 0.493 e. The third-order valence-electron chi connectivity index (χ3n) is 5.66. The molecule has 4 aromatic rings. The van der Waals surface area contributed by atoms with Gasteiger partial charge in [-0.2, -0.15) is 0 Å². The first-order valence-corrected chi connectivity index (χ1v) is 11.5. The minimum Gasteiger partial charge on any atom is -0.493 e. The highest BCUT2D eigenvalue weighted by atomic mass is 35.5. The average molecular weight is 446 g/mol. The highest BCUT2D eigenvalue weighted by molar-refractivity contribution is 6.30. The van der Waals surface area contributed by atoms with Gasteiger partial charge in [-0.15, -0.1) is 0 Å². The maximum absolute atomic E-state index is 6.20. The van der Waals surface area contributed by atoms with Gasteiger partial charge in [0.1, 0.15) is 11.5 Å². The molecule has 0 aliphatic rings. The molecule has 0 saturated heterocycles. The molecule has 0 fully saturated rings. The summed E-state index contributed by atoms with van der Waals surface area (Å²) in [7, 11) is 0. The Kier molecular flexibility index (Phi) is 7.28. The van der Waals surface area contributed by atoms with Crippen LogP contribution < -0.4 is 4.74 Å². The van der Waals surface area contributed by atoms with Crippen LogP contribution in [-0.4, -0.2) is 11.6 Å². The molecule has 32 heavy (non-hydrogen) atoms. The second kappa shape index (κ2) is 10.5. The van der Waals surface area contributed by atoms with E-state index in [-0.39, 0.29) is 0 Å². The molecule has 0 aliphatic heterocycles. The van der Waals surface area contributed by atoms with Crippen LogP contribution in [0.1, 0.15) is 35.1 Å². The fraction of sp³-hybridized carbons (Fsp3) is 0.250. The summed E-state index contributed by atoms with van der Waals surface area (Å²) in [6, 6.07) is 24.3. The fourth-order valence-corrected chi connectivity index (χ4v) is 3.94. The summed E-state index contributed by atoms with van der Waals surface area (Å²) in [5.41, 5.74) is 5.77. The lowest BCUT2D eigenvalue weighted by Gasteiger charge is -2.09. The van der Waals surface area contributed by atoms with E-state index in [0.717, 1.165) is 42.0 Å². The topological polar surface area (TPSA) is 35.3 Å². The fourth-order valence-electron chi connectivity index (χ4n) is 3.81. The first kappa shape index (κ1) is 22.2. The lowest BCUT2D eigenvalue weighted by atomic mass is 10.1. The smallest absolute Gasteiger partial charge is 0.226 e. The van der Waals surface area contributed by atoms with Gasteiger partial charge in [0.15, 0.2) is 0 Å². The Morgan fingerprint density at radius 3 is 2.41 bits per heavy atom. The molecule has 0 amide bonds. The van der Waals surface area contributed by atoms with E-state index in [1.165, 1.54) is 16.7 Å². The van der Waals surface area contributed by atoms with Gasteiger partial charge in [-0.25, -0.2) is 4.98 Å². The molecule has 0 saturated carbocycles. The van der Waals surface area contributed by atoms with Crippen molar-refractivity contribution >= 4 is 11.6 Å². The van der Waals surface area contributed by atoms with Crippen LogP contribution in [0.3, 0.4) is 0 Å². The van der Waals surface area contributed by atoms with Gasteiger partial charge in [0, 0.05) is 23.4 Å². The predicted molar refractivity (Wildman–Crippen MR) is 131 cm³/mol. The van der Waals surface area contributed by atoms with E-state index in [1.54, 1.807) is 0 Å². The number of hydrogen-bond acceptors (Lipinski definition) is 3. The van der Waals surface area contributed by atoms with Crippen molar-refractivity contribution < 1.29 is 9.15 Å². The van der Waals surface area contributed by atoms with E-state index in [9.17, 15) is 0 Å². The maximum atomic E-state index is 6.20. The second-order valence-corrected chi connectivity index (χ2v) is 8.36. The lowest BCUT2D eigenvalue weighted by molar-refractivity contribution is 0.319. The van der Waals surface area contributed by atoms with Crippen LogP contribution in [0.25, 0.3) is 11.5 Å². The van der Waals surface area contributed by atoms with Crippen LogP contribution in [0.15, 0.2) is 77.2 Å². The molecular weight excluding hydrogens is 418 g/mol. The van der Waals surface area contributed by atoms with Crippen molar-refractivity contribution in [3.63, 3.8) is 0 Å². The molecule has 0 bridgehead atoms. The van der Waals surface area contributed by atoms with Gasteiger partial charge < -0.3 is 9.15 Å². The summed E-state index contributed by atoms with van der Waals surface area (Å²) < 4.78 is 12.2. The van der Waals surface area contributed by atoms with Crippen LogP contribution >= 0.6 is 11.6 Å². The molecule has 1 aromatic heterocycles. The quantitative estimate of drug-likeness (QED) is 0.271. The highest BCUT2D eigenvalue weighted by Crippen LogP contribution is 2.25. The highest BCUT2D eigenvalue weighted by Gasteiger charge is 2.15. The van der Waals surface area contributed by atoms with Crippen molar-refractivity contribution in [2.45, 2.75) is 39.5 Å². The maximum Gasteiger partial charge on any atom is 0.226 e. The standard InChI is InChI=1S/C28H28ClNO2/c1-3-22-12-15-25(19-20(22)2)31-18-17-26-27(16-9-21-7-5-4-6-8-21)32-28(30-26)23-10-13-24(29)14-11-23/h4-8,10-15,19H,3,9,16-18H2,1-2H3. The molecule has 0 unspecified atom stereocenters. The zero-order valence-electron chi connectivity index (χ0n) is 18.6. The van der Waals surface area contributed by atoms with Crippen LogP contribution in [0, 0.1) is 6.92 Å². The van der Waals surface area contributed by atoms with Crippen molar-refractivity contribution in [1.29, 1.82) is 0 Å². The van der Waals surface area contributed by atoms with Crippen LogP contribution in [0.4, 0.5) is 0 Å². The van der Waals surface area contributed by atoms with Crippen molar-refractivity contribution in [3.05, 3.63) is 106 Å². The van der Waals surface area contributed by atoms with Gasteiger partial charge in [0.05, 0.1) is 12.3 Å². The molecular formula is C28H28ClNO2. The van der Waals surface area contributed by atoms with Gasteiger partial charge in [-0.1, -0.05) is 54.9 Å². The van der Waals surface area contributed by atoms with Gasteiger partial charge in [0.2, 0.25) is 5.89 Å². The van der Waals surface area contributed by atoms with E-state index >= 15 is 0 Å². The van der Waals surface area contributed by atoms with Gasteiger partial charge in [-0.3, -0.25) is 0 Å². The Hall–Kier alpha value is -3.04. The number of nitrogens with zero attached hydrogens (tertiary/aromatic N) is 1. The minimum absolute atomic E-state index is 0.551. The summed E-state index contributed by atoms with van der Waals surface area (Å²) in [6.45, 7) is 4.85. The predicted octanol–water partition coefficient (Wildman–Crippen LogP) is 7.27. The second-order valence-electron chi connectivity index (χ2n) is 7.92. The summed E-state index contributed by atoms with van der Waals surface area (Å²) >= 11 is 6.04. The van der Waals surface area contributed by atoms with Gasteiger partial charge in [0.25, 0.3) is 0 Å². The minimum atomic E-state index is 0.551. The summed E-state index contributed by atoms with van der Waals surface area (Å²) in [4.78, 5) is 4.81. The molecule has 0 spiro atoms. The summed E-state index contributed by atoms with van der Waals surface area (Å²) in [5, 5.41) is 0.697. The number of ether oxygens (including phenoxy) is 1. The zero-order valence-corrected chi connectivity index (χ0v) is 19.4. The van der Waals surface area contributed by atoms with Crippen molar-refractivity contribution in [3.8, 4) is 17.2 Å². The Labute approximate surface area is 195 Å². The monoisotopic (exact) mass is 445 g/mol. The Bertz CT molecular complexity index is 1150. The Morgan fingerprint density at radius 1 is 0.906 bits per heavy atom. The molecule has 0 atom stereocenters. The SMILES string of the molecule is CCc1ccc(OCCc2nc(-c3ccc(Cl)cc3)oc2CCc2ccccc2)cc1C. The molecule has 0 radical (unpaired) electrons. The van der Waals surface area contributed by atoms with E-state index in [0.29, 0.717) is 23.9 Å². The molecule has 0 aliphatic carbocycles. The molecule has 3 aromatic carbocycles. The van der Waals surface area contributed by atoms with Gasteiger partial charge in [-0.05, 0) is 72.9 Å². The average Bonchev–Trinajstić information content (AvgIpc) is 3.22. The molecule has 0 N–H and O–H groups in total. The Balaban J connectivity index is 1.49. The molecule has 4 rings (SSSR count). The first-order valence-electron chi connectivity index (χ1n) is 11.1. The van der Waals surface area contributed by atoms with E-state index in [1.807, 2.05) is 36.4 Å².